The summed E-state index contributed by atoms with van der Waals surface area (Å²) in [5, 5.41) is 5.81. The van der Waals surface area contributed by atoms with Crippen molar-refractivity contribution in [2.45, 2.75) is 105 Å². The van der Waals surface area contributed by atoms with Gasteiger partial charge in [0.15, 0.2) is 0 Å². The van der Waals surface area contributed by atoms with Gasteiger partial charge in [-0.15, -0.1) is 0 Å². The Morgan fingerprint density at radius 3 is 2.06 bits per heavy atom. The van der Waals surface area contributed by atoms with Gasteiger partial charge in [0, 0.05) is 13.1 Å². The van der Waals surface area contributed by atoms with Gasteiger partial charge in [0.25, 0.3) is 0 Å². The third kappa shape index (κ3) is 8.99. The van der Waals surface area contributed by atoms with Crippen LogP contribution in [0.3, 0.4) is 0 Å². The van der Waals surface area contributed by atoms with Gasteiger partial charge in [-0.25, -0.2) is 4.79 Å². The number of amides is 3. The number of nitrogens with zero attached hydrogens (tertiary/aromatic N) is 1. The average Bonchev–Trinajstić information content (AvgIpc) is 2.67. The highest BCUT2D eigenvalue weighted by molar-refractivity contribution is 5.92. The summed E-state index contributed by atoms with van der Waals surface area (Å²) in [4.78, 5) is 41.2. The molecule has 1 aromatic rings. The second kappa shape index (κ2) is 12.8. The van der Waals surface area contributed by atoms with E-state index in [4.69, 9.17) is 4.74 Å². The van der Waals surface area contributed by atoms with Crippen LogP contribution in [0.15, 0.2) is 18.2 Å². The number of hydrogen-bond donors (Lipinski definition) is 2. The van der Waals surface area contributed by atoms with E-state index in [9.17, 15) is 14.4 Å². The maximum Gasteiger partial charge on any atom is 0.408 e. The molecule has 0 aromatic heterocycles. The van der Waals surface area contributed by atoms with E-state index in [0.29, 0.717) is 6.42 Å². The van der Waals surface area contributed by atoms with E-state index in [1.165, 1.54) is 4.90 Å². The van der Waals surface area contributed by atoms with Crippen molar-refractivity contribution >= 4 is 17.9 Å². The van der Waals surface area contributed by atoms with Crippen LogP contribution in [-0.4, -0.2) is 47.5 Å². The molecule has 0 fully saturated rings. The smallest absolute Gasteiger partial charge is 0.408 e. The van der Waals surface area contributed by atoms with Crippen LogP contribution in [0.2, 0.25) is 0 Å². The van der Waals surface area contributed by atoms with E-state index in [1.54, 1.807) is 27.8 Å². The number of nitrogens with one attached hydrogen (secondary N) is 2. The maximum atomic E-state index is 13.7. The predicted octanol–water partition coefficient (Wildman–Crippen LogP) is 5.05. The summed E-state index contributed by atoms with van der Waals surface area (Å²) in [7, 11) is 1.63. The van der Waals surface area contributed by atoms with Crippen molar-refractivity contribution in [3.05, 3.63) is 34.9 Å². The molecule has 2 N–H and O–H groups in total. The zero-order valence-corrected chi connectivity index (χ0v) is 22.7. The van der Waals surface area contributed by atoms with E-state index < -0.39 is 23.8 Å². The Bertz CT molecular complexity index is 825. The van der Waals surface area contributed by atoms with Crippen LogP contribution in [0.5, 0.6) is 0 Å². The topological polar surface area (TPSA) is 87.7 Å². The van der Waals surface area contributed by atoms with E-state index in [-0.39, 0.29) is 23.8 Å². The van der Waals surface area contributed by atoms with Crippen LogP contribution in [0.25, 0.3) is 0 Å². The first-order chi connectivity index (χ1) is 15.7. The summed E-state index contributed by atoms with van der Waals surface area (Å²) in [5.41, 5.74) is 1.99. The summed E-state index contributed by atoms with van der Waals surface area (Å²) in [6.45, 7) is 17.2. The van der Waals surface area contributed by atoms with Crippen molar-refractivity contribution in [3.8, 4) is 0 Å². The minimum atomic E-state index is -0.817. The van der Waals surface area contributed by atoms with Gasteiger partial charge in [0.2, 0.25) is 11.8 Å². The number of carbonyl (C=O) groups is 3. The van der Waals surface area contributed by atoms with Crippen molar-refractivity contribution in [2.24, 2.45) is 5.92 Å². The molecule has 34 heavy (non-hydrogen) atoms. The number of benzene rings is 1. The lowest BCUT2D eigenvalue weighted by molar-refractivity contribution is -0.141. The Morgan fingerprint density at radius 1 is 1.03 bits per heavy atom. The fraction of sp³-hybridized carbons (Fsp3) is 0.667. The second-order valence-corrected chi connectivity index (χ2v) is 10.7. The molecule has 1 rings (SSSR count). The SMILES string of the molecule is CCCC(C)NC(=O)C(c1c(C)cccc1C)N(C)C(=O)C(CC(C)C)NC(=O)OC(C)(C)C. The molecule has 7 nitrogen and oxygen atoms in total. The normalized spacial score (nSPS) is 14.2. The van der Waals surface area contributed by atoms with Crippen LogP contribution < -0.4 is 10.6 Å². The monoisotopic (exact) mass is 475 g/mol. The van der Waals surface area contributed by atoms with Crippen LogP contribution in [0.4, 0.5) is 4.79 Å². The number of alkyl carbamates (subject to hydrolysis) is 1. The van der Waals surface area contributed by atoms with Gasteiger partial charge in [0.1, 0.15) is 17.7 Å². The van der Waals surface area contributed by atoms with E-state index in [0.717, 1.165) is 29.5 Å². The van der Waals surface area contributed by atoms with E-state index >= 15 is 0 Å². The molecule has 0 aliphatic heterocycles. The largest absolute Gasteiger partial charge is 0.444 e. The van der Waals surface area contributed by atoms with Gasteiger partial charge in [-0.2, -0.15) is 0 Å². The molecule has 0 aliphatic rings. The molecule has 0 spiro atoms. The van der Waals surface area contributed by atoms with Gasteiger partial charge in [0.05, 0.1) is 0 Å². The molecule has 1 aromatic carbocycles. The van der Waals surface area contributed by atoms with Crippen LogP contribution >= 0.6 is 0 Å². The van der Waals surface area contributed by atoms with Crippen LogP contribution in [0.1, 0.15) is 90.5 Å². The molecule has 3 unspecified atom stereocenters. The minimum absolute atomic E-state index is 0.0147. The molecule has 0 bridgehead atoms. The third-order valence-corrected chi connectivity index (χ3v) is 5.61. The zero-order valence-electron chi connectivity index (χ0n) is 22.7. The van der Waals surface area contributed by atoms with E-state index in [2.05, 4.69) is 17.6 Å². The molecular formula is C27H45N3O4. The third-order valence-electron chi connectivity index (χ3n) is 5.61. The van der Waals surface area contributed by atoms with Gasteiger partial charge in [-0.1, -0.05) is 45.4 Å². The number of carbonyl (C=O) groups excluding carboxylic acids is 3. The number of likely N-dealkylation sites (N-methyl/N-ethyl adjacent to an activating group) is 1. The Kier molecular flexibility index (Phi) is 11.1. The predicted molar refractivity (Wildman–Crippen MR) is 137 cm³/mol. The summed E-state index contributed by atoms with van der Waals surface area (Å²) in [5.74, 6) is -0.408. The first-order valence-corrected chi connectivity index (χ1v) is 12.3. The van der Waals surface area contributed by atoms with Gasteiger partial charge in [-0.05, 0) is 77.0 Å². The van der Waals surface area contributed by atoms with Gasteiger partial charge < -0.3 is 20.3 Å². The van der Waals surface area contributed by atoms with Crippen molar-refractivity contribution in [2.75, 3.05) is 7.05 Å². The average molecular weight is 476 g/mol. The molecule has 0 saturated carbocycles. The number of rotatable bonds is 10. The molecule has 7 heteroatoms. The standard InChI is InChI=1S/C27H45N3O4/c1-11-13-20(6)28-24(31)23(22-18(4)14-12-15-19(22)5)30(10)25(32)21(16-17(2)3)29-26(33)34-27(7,8)9/h12,14-15,17,20-21,23H,11,13,16H2,1-10H3,(H,28,31)(H,29,33). The van der Waals surface area contributed by atoms with Gasteiger partial charge in [-0.3, -0.25) is 9.59 Å². The van der Waals surface area contributed by atoms with Gasteiger partial charge >= 0.3 is 6.09 Å². The Labute approximate surface area is 206 Å². The van der Waals surface area contributed by atoms with Crippen molar-refractivity contribution in [1.29, 1.82) is 0 Å². The number of ether oxygens (including phenoxy) is 1. The summed E-state index contributed by atoms with van der Waals surface area (Å²) in [6, 6.07) is 4.19. The Balaban J connectivity index is 3.36. The van der Waals surface area contributed by atoms with Crippen molar-refractivity contribution < 1.29 is 19.1 Å². The molecule has 192 valence electrons. The first kappa shape index (κ1) is 29.5. The molecule has 0 aliphatic carbocycles. The van der Waals surface area contributed by atoms with Crippen LogP contribution in [-0.2, 0) is 14.3 Å². The molecular weight excluding hydrogens is 430 g/mol. The first-order valence-electron chi connectivity index (χ1n) is 12.3. The minimum Gasteiger partial charge on any atom is -0.444 e. The summed E-state index contributed by atoms with van der Waals surface area (Å²) in [6.07, 6.45) is 1.57. The quantitative estimate of drug-likeness (QED) is 0.496. The molecule has 3 atom stereocenters. The molecule has 0 saturated heterocycles. The zero-order chi connectivity index (χ0) is 26.2. The fourth-order valence-electron chi connectivity index (χ4n) is 4.10. The number of aryl methyl sites for hydroxylation is 2. The van der Waals surface area contributed by atoms with Crippen molar-refractivity contribution in [3.63, 3.8) is 0 Å². The molecule has 3 amide bonds. The summed E-state index contributed by atoms with van der Waals surface area (Å²) >= 11 is 0. The molecule has 0 heterocycles. The highest BCUT2D eigenvalue weighted by atomic mass is 16.6. The fourth-order valence-corrected chi connectivity index (χ4v) is 4.10. The van der Waals surface area contributed by atoms with Crippen molar-refractivity contribution in [1.82, 2.24) is 15.5 Å². The Hall–Kier alpha value is -2.57. The highest BCUT2D eigenvalue weighted by Gasteiger charge is 2.36. The highest BCUT2D eigenvalue weighted by Crippen LogP contribution is 2.28. The second-order valence-electron chi connectivity index (χ2n) is 10.7. The lowest BCUT2D eigenvalue weighted by atomic mass is 9.93. The lowest BCUT2D eigenvalue weighted by Gasteiger charge is -2.34. The van der Waals surface area contributed by atoms with E-state index in [1.807, 2.05) is 52.8 Å². The number of hydrogen-bond acceptors (Lipinski definition) is 4. The lowest BCUT2D eigenvalue weighted by Crippen LogP contribution is -2.52. The molecule has 0 radical (unpaired) electrons. The Morgan fingerprint density at radius 2 is 1.59 bits per heavy atom. The maximum absolute atomic E-state index is 13.7. The van der Waals surface area contributed by atoms with Crippen LogP contribution in [0, 0.1) is 19.8 Å². The summed E-state index contributed by atoms with van der Waals surface area (Å²) < 4.78 is 5.39.